The Kier molecular flexibility index (Phi) is 6.63. The fraction of sp³-hybridized carbons (Fsp3) is 0.231. The van der Waals surface area contributed by atoms with Crippen LogP contribution in [0.1, 0.15) is 23.6 Å². The molecule has 1 aliphatic rings. The first-order chi connectivity index (χ1) is 16.2. The van der Waals surface area contributed by atoms with Crippen molar-refractivity contribution in [3.05, 3.63) is 100 Å². The summed E-state index contributed by atoms with van der Waals surface area (Å²) < 4.78 is 8.10. The molecule has 1 unspecified atom stereocenters. The van der Waals surface area contributed by atoms with Crippen molar-refractivity contribution in [3.8, 4) is 17.0 Å². The first-order valence-corrected chi connectivity index (χ1v) is 11.8. The van der Waals surface area contributed by atoms with Crippen molar-refractivity contribution in [2.45, 2.75) is 25.6 Å². The lowest BCUT2D eigenvalue weighted by Gasteiger charge is -2.15. The van der Waals surface area contributed by atoms with Gasteiger partial charge in [0, 0.05) is 25.2 Å². The number of benzene rings is 3. The van der Waals surface area contributed by atoms with E-state index in [1.807, 2.05) is 47.3 Å². The molecule has 7 heteroatoms. The summed E-state index contributed by atoms with van der Waals surface area (Å²) in [7, 11) is 0. The number of halogens is 2. The molecule has 5 nitrogen and oxygen atoms in total. The molecule has 4 aromatic rings. The lowest BCUT2D eigenvalue weighted by atomic mass is 10.1. The van der Waals surface area contributed by atoms with Crippen molar-refractivity contribution >= 4 is 23.2 Å². The smallest absolute Gasteiger partial charge is 0.129 e. The van der Waals surface area contributed by atoms with Gasteiger partial charge < -0.3 is 4.74 Å². The van der Waals surface area contributed by atoms with Crippen LogP contribution >= 0.6 is 23.2 Å². The average molecular weight is 479 g/mol. The minimum atomic E-state index is 0.319. The zero-order chi connectivity index (χ0) is 22.6. The van der Waals surface area contributed by atoms with E-state index < -0.39 is 0 Å². The predicted molar refractivity (Wildman–Crippen MR) is 132 cm³/mol. The SMILES string of the molecule is Clc1ccc(COc2ccccc2-c2cn(C3CCN(Cc4ccccc4)C3)nn2)cc1Cl. The lowest BCUT2D eigenvalue weighted by Crippen LogP contribution is -2.21. The molecule has 0 aliphatic carbocycles. The van der Waals surface area contributed by atoms with Gasteiger partial charge in [-0.1, -0.05) is 76.9 Å². The molecule has 0 amide bonds. The van der Waals surface area contributed by atoms with Crippen LogP contribution in [0.4, 0.5) is 0 Å². The van der Waals surface area contributed by atoms with Crippen molar-refractivity contribution in [2.24, 2.45) is 0 Å². The maximum atomic E-state index is 6.13. The number of hydrogen-bond acceptors (Lipinski definition) is 4. The molecule has 0 bridgehead atoms. The Morgan fingerprint density at radius 3 is 2.58 bits per heavy atom. The number of likely N-dealkylation sites (tertiary alicyclic amines) is 1. The van der Waals surface area contributed by atoms with Gasteiger partial charge in [-0.3, -0.25) is 4.90 Å². The zero-order valence-corrected chi connectivity index (χ0v) is 19.6. The van der Waals surface area contributed by atoms with Gasteiger partial charge in [-0.25, -0.2) is 4.68 Å². The maximum Gasteiger partial charge on any atom is 0.129 e. The molecule has 168 valence electrons. The number of ether oxygens (including phenoxy) is 1. The Bertz CT molecular complexity index is 1230. The monoisotopic (exact) mass is 478 g/mol. The van der Waals surface area contributed by atoms with Gasteiger partial charge in [-0.05, 0) is 41.8 Å². The Morgan fingerprint density at radius 2 is 1.73 bits per heavy atom. The molecule has 5 rings (SSSR count). The van der Waals surface area contributed by atoms with E-state index in [0.717, 1.165) is 48.6 Å². The molecule has 0 radical (unpaired) electrons. The first-order valence-electron chi connectivity index (χ1n) is 11.0. The summed E-state index contributed by atoms with van der Waals surface area (Å²) in [6.45, 7) is 3.37. The second kappa shape index (κ2) is 9.96. The Balaban J connectivity index is 1.27. The van der Waals surface area contributed by atoms with E-state index in [1.54, 1.807) is 6.07 Å². The third-order valence-corrected chi connectivity index (χ3v) is 6.66. The highest BCUT2D eigenvalue weighted by Crippen LogP contribution is 2.31. The minimum absolute atomic E-state index is 0.319. The second-order valence-electron chi connectivity index (χ2n) is 8.28. The first kappa shape index (κ1) is 22.0. The zero-order valence-electron chi connectivity index (χ0n) is 18.1. The molecular weight excluding hydrogens is 455 g/mol. The highest BCUT2D eigenvalue weighted by atomic mass is 35.5. The van der Waals surface area contributed by atoms with Crippen molar-refractivity contribution < 1.29 is 4.74 Å². The van der Waals surface area contributed by atoms with Crippen LogP contribution in [-0.4, -0.2) is 33.0 Å². The molecule has 0 N–H and O–H groups in total. The molecular formula is C26H24Cl2N4O. The van der Waals surface area contributed by atoms with Crippen molar-refractivity contribution in [1.29, 1.82) is 0 Å². The number of aromatic nitrogens is 3. The van der Waals surface area contributed by atoms with Gasteiger partial charge in [0.25, 0.3) is 0 Å². The maximum absolute atomic E-state index is 6.13. The number of hydrogen-bond donors (Lipinski definition) is 0. The van der Waals surface area contributed by atoms with E-state index >= 15 is 0 Å². The van der Waals surface area contributed by atoms with Gasteiger partial charge in [-0.2, -0.15) is 0 Å². The highest BCUT2D eigenvalue weighted by Gasteiger charge is 2.25. The summed E-state index contributed by atoms with van der Waals surface area (Å²) in [6, 6.07) is 24.3. The molecule has 2 heterocycles. The molecule has 1 atom stereocenters. The average Bonchev–Trinajstić information content (AvgIpc) is 3.51. The van der Waals surface area contributed by atoms with Crippen molar-refractivity contribution in [2.75, 3.05) is 13.1 Å². The normalized spacial score (nSPS) is 16.2. The number of nitrogens with zero attached hydrogens (tertiary/aromatic N) is 4. The van der Waals surface area contributed by atoms with Gasteiger partial charge in [0.15, 0.2) is 0 Å². The van der Waals surface area contributed by atoms with Gasteiger partial charge in [0.1, 0.15) is 18.1 Å². The van der Waals surface area contributed by atoms with E-state index in [1.165, 1.54) is 5.56 Å². The lowest BCUT2D eigenvalue weighted by molar-refractivity contribution is 0.307. The largest absolute Gasteiger partial charge is 0.488 e. The van der Waals surface area contributed by atoms with E-state index in [2.05, 4.69) is 45.5 Å². The molecule has 1 fully saturated rings. The van der Waals surface area contributed by atoms with Crippen LogP contribution in [0, 0.1) is 0 Å². The number of rotatable bonds is 7. The van der Waals surface area contributed by atoms with Crippen LogP contribution in [0.5, 0.6) is 5.75 Å². The molecule has 1 aromatic heterocycles. The van der Waals surface area contributed by atoms with E-state index in [4.69, 9.17) is 27.9 Å². The van der Waals surface area contributed by atoms with E-state index in [-0.39, 0.29) is 0 Å². The molecule has 1 aliphatic heterocycles. The van der Waals surface area contributed by atoms with Crippen LogP contribution in [0.15, 0.2) is 79.0 Å². The summed E-state index contributed by atoms with van der Waals surface area (Å²) in [6.07, 6.45) is 3.09. The summed E-state index contributed by atoms with van der Waals surface area (Å²) >= 11 is 12.1. The Hall–Kier alpha value is -2.86. The topological polar surface area (TPSA) is 43.2 Å². The number of para-hydroxylation sites is 1. The second-order valence-corrected chi connectivity index (χ2v) is 9.09. The van der Waals surface area contributed by atoms with Gasteiger partial charge in [0.2, 0.25) is 0 Å². The fourth-order valence-electron chi connectivity index (χ4n) is 4.19. The standard InChI is InChI=1S/C26H24Cl2N4O/c27-23-11-10-20(14-24(23)28)18-33-26-9-5-4-8-22(26)25-17-32(30-29-25)21-12-13-31(16-21)15-19-6-2-1-3-7-19/h1-11,14,17,21H,12-13,15-16,18H2. The Morgan fingerprint density at radius 1 is 0.909 bits per heavy atom. The van der Waals surface area contributed by atoms with Gasteiger partial charge in [0.05, 0.1) is 22.3 Å². The van der Waals surface area contributed by atoms with Gasteiger partial charge in [-0.15, -0.1) is 5.10 Å². The summed E-state index contributed by atoms with van der Waals surface area (Å²) in [5.41, 5.74) is 4.02. The fourth-order valence-corrected chi connectivity index (χ4v) is 4.51. The third kappa shape index (κ3) is 5.22. The van der Waals surface area contributed by atoms with Crippen molar-refractivity contribution in [1.82, 2.24) is 19.9 Å². The van der Waals surface area contributed by atoms with E-state index in [0.29, 0.717) is 22.7 Å². The molecule has 33 heavy (non-hydrogen) atoms. The quantitative estimate of drug-likeness (QED) is 0.313. The predicted octanol–water partition coefficient (Wildman–Crippen LogP) is 6.28. The summed E-state index contributed by atoms with van der Waals surface area (Å²) in [4.78, 5) is 2.47. The van der Waals surface area contributed by atoms with Crippen LogP contribution in [0.25, 0.3) is 11.3 Å². The van der Waals surface area contributed by atoms with Gasteiger partial charge >= 0.3 is 0 Å². The van der Waals surface area contributed by atoms with Crippen molar-refractivity contribution in [3.63, 3.8) is 0 Å². The molecule has 0 spiro atoms. The summed E-state index contributed by atoms with van der Waals surface area (Å²) in [5.74, 6) is 0.757. The highest BCUT2D eigenvalue weighted by molar-refractivity contribution is 6.42. The van der Waals surface area contributed by atoms with E-state index in [9.17, 15) is 0 Å². The Labute approximate surface area is 203 Å². The van der Waals surface area contributed by atoms with Crippen LogP contribution in [0.2, 0.25) is 10.0 Å². The molecule has 3 aromatic carbocycles. The summed E-state index contributed by atoms with van der Waals surface area (Å²) in [5, 5.41) is 9.96. The van der Waals surface area contributed by atoms with Crippen LogP contribution in [-0.2, 0) is 13.2 Å². The third-order valence-electron chi connectivity index (χ3n) is 5.92. The van der Waals surface area contributed by atoms with Crippen LogP contribution < -0.4 is 4.74 Å². The minimum Gasteiger partial charge on any atom is -0.488 e. The molecule has 0 saturated carbocycles. The van der Waals surface area contributed by atoms with Crippen LogP contribution in [0.3, 0.4) is 0 Å². The molecule has 1 saturated heterocycles.